The Kier molecular flexibility index (Phi) is 4.73. The van der Waals surface area contributed by atoms with E-state index in [0.717, 1.165) is 11.3 Å². The lowest BCUT2D eigenvalue weighted by Gasteiger charge is -2.24. The summed E-state index contributed by atoms with van der Waals surface area (Å²) in [7, 11) is 1.67. The van der Waals surface area contributed by atoms with Crippen LogP contribution >= 0.6 is 0 Å². The predicted octanol–water partition coefficient (Wildman–Crippen LogP) is 2.00. The van der Waals surface area contributed by atoms with Crippen LogP contribution in [0.15, 0.2) is 24.3 Å². The number of rotatable bonds is 5. The van der Waals surface area contributed by atoms with Crippen molar-refractivity contribution < 1.29 is 9.53 Å². The molecule has 0 saturated carbocycles. The van der Waals surface area contributed by atoms with E-state index >= 15 is 0 Å². The number of benzene rings is 1. The lowest BCUT2D eigenvalue weighted by molar-refractivity contribution is -0.126. The molecule has 1 aromatic rings. The summed E-state index contributed by atoms with van der Waals surface area (Å²) in [4.78, 5) is 11.9. The molecule has 0 aliphatic heterocycles. The van der Waals surface area contributed by atoms with Gasteiger partial charge in [0.1, 0.15) is 5.75 Å². The molecule has 1 rings (SSSR count). The molecule has 0 fully saturated rings. The van der Waals surface area contributed by atoms with Gasteiger partial charge in [-0.15, -0.1) is 0 Å². The topological polar surface area (TPSA) is 50.4 Å². The van der Waals surface area contributed by atoms with Crippen LogP contribution in [-0.4, -0.2) is 19.1 Å². The van der Waals surface area contributed by atoms with E-state index in [1.54, 1.807) is 7.05 Å². The van der Waals surface area contributed by atoms with Gasteiger partial charge in [0.15, 0.2) is 0 Å². The fraction of sp³-hybridized carbons (Fsp3) is 0.500. The Labute approximate surface area is 109 Å². The number of ether oxygens (including phenoxy) is 1. The van der Waals surface area contributed by atoms with Crippen LogP contribution in [0.2, 0.25) is 0 Å². The van der Waals surface area contributed by atoms with Crippen molar-refractivity contribution in [2.45, 2.75) is 39.2 Å². The van der Waals surface area contributed by atoms with Crippen LogP contribution in [-0.2, 0) is 10.2 Å². The van der Waals surface area contributed by atoms with Crippen LogP contribution < -0.4 is 15.6 Å². The smallest absolute Gasteiger partial charge is 0.244 e. The minimum atomic E-state index is -0.584. The highest BCUT2D eigenvalue weighted by Gasteiger charge is 2.29. The molecule has 4 nitrogen and oxygen atoms in total. The van der Waals surface area contributed by atoms with E-state index in [9.17, 15) is 4.79 Å². The van der Waals surface area contributed by atoms with Crippen molar-refractivity contribution in [1.29, 1.82) is 0 Å². The third-order valence-electron chi connectivity index (χ3n) is 2.75. The Morgan fingerprint density at radius 1 is 1.22 bits per heavy atom. The molecule has 0 heterocycles. The molecule has 0 radical (unpaired) electrons. The number of hydrazine groups is 1. The van der Waals surface area contributed by atoms with Crippen molar-refractivity contribution in [2.24, 2.45) is 0 Å². The van der Waals surface area contributed by atoms with Gasteiger partial charge in [0.2, 0.25) is 5.91 Å². The quantitative estimate of drug-likeness (QED) is 0.786. The van der Waals surface area contributed by atoms with Crippen LogP contribution in [0, 0.1) is 0 Å². The molecule has 4 heteroatoms. The molecular formula is C14H22N2O2. The van der Waals surface area contributed by atoms with Crippen LogP contribution in [0.4, 0.5) is 0 Å². The van der Waals surface area contributed by atoms with Crippen LogP contribution in [0.3, 0.4) is 0 Å². The number of carbonyl (C=O) groups is 1. The van der Waals surface area contributed by atoms with Crippen molar-refractivity contribution in [3.05, 3.63) is 29.8 Å². The Morgan fingerprint density at radius 3 is 2.22 bits per heavy atom. The SMILES string of the molecule is CNNC(=O)C(C)(C)c1ccc(OC(C)C)cc1. The van der Waals surface area contributed by atoms with Gasteiger partial charge in [-0.25, -0.2) is 5.43 Å². The van der Waals surface area contributed by atoms with Crippen molar-refractivity contribution >= 4 is 5.91 Å². The summed E-state index contributed by atoms with van der Waals surface area (Å²) in [5, 5.41) is 0. The van der Waals surface area contributed by atoms with Crippen molar-refractivity contribution in [3.8, 4) is 5.75 Å². The molecular weight excluding hydrogens is 228 g/mol. The predicted molar refractivity (Wildman–Crippen MR) is 72.4 cm³/mol. The van der Waals surface area contributed by atoms with E-state index in [-0.39, 0.29) is 12.0 Å². The largest absolute Gasteiger partial charge is 0.491 e. The first-order valence-electron chi connectivity index (χ1n) is 6.12. The zero-order valence-corrected chi connectivity index (χ0v) is 11.7. The first-order chi connectivity index (χ1) is 8.37. The normalized spacial score (nSPS) is 11.4. The standard InChI is InChI=1S/C14H22N2O2/c1-10(2)18-12-8-6-11(7-9-12)14(3,4)13(17)16-15-5/h6-10,15H,1-5H3,(H,16,17). The van der Waals surface area contributed by atoms with Crippen LogP contribution in [0.5, 0.6) is 5.75 Å². The van der Waals surface area contributed by atoms with Crippen LogP contribution in [0.1, 0.15) is 33.3 Å². The fourth-order valence-electron chi connectivity index (χ4n) is 1.62. The molecule has 0 unspecified atom stereocenters. The molecule has 0 aromatic heterocycles. The maximum Gasteiger partial charge on any atom is 0.244 e. The Bertz CT molecular complexity index is 397. The summed E-state index contributed by atoms with van der Waals surface area (Å²) < 4.78 is 5.58. The number of hydrogen-bond donors (Lipinski definition) is 2. The highest BCUT2D eigenvalue weighted by atomic mass is 16.5. The second kappa shape index (κ2) is 5.87. The van der Waals surface area contributed by atoms with E-state index in [2.05, 4.69) is 10.9 Å². The summed E-state index contributed by atoms with van der Waals surface area (Å²) in [5.74, 6) is 0.751. The van der Waals surface area contributed by atoms with Gasteiger partial charge >= 0.3 is 0 Å². The monoisotopic (exact) mass is 250 g/mol. The number of nitrogens with one attached hydrogen (secondary N) is 2. The maximum atomic E-state index is 11.9. The van der Waals surface area contributed by atoms with Gasteiger partial charge in [-0.2, -0.15) is 0 Å². The second-order valence-corrected chi connectivity index (χ2v) is 5.02. The van der Waals surface area contributed by atoms with Gasteiger partial charge in [-0.1, -0.05) is 12.1 Å². The molecule has 0 atom stereocenters. The van der Waals surface area contributed by atoms with Crippen molar-refractivity contribution in [2.75, 3.05) is 7.05 Å². The lowest BCUT2D eigenvalue weighted by Crippen LogP contribution is -2.45. The number of amides is 1. The third-order valence-corrected chi connectivity index (χ3v) is 2.75. The number of hydrogen-bond acceptors (Lipinski definition) is 3. The first-order valence-corrected chi connectivity index (χ1v) is 6.12. The molecule has 100 valence electrons. The highest BCUT2D eigenvalue weighted by Crippen LogP contribution is 2.25. The molecule has 18 heavy (non-hydrogen) atoms. The Hall–Kier alpha value is -1.55. The third kappa shape index (κ3) is 3.47. The van der Waals surface area contributed by atoms with E-state index in [1.165, 1.54) is 0 Å². The molecule has 1 aromatic carbocycles. The van der Waals surface area contributed by atoms with E-state index in [4.69, 9.17) is 4.74 Å². The second-order valence-electron chi connectivity index (χ2n) is 5.02. The zero-order valence-electron chi connectivity index (χ0n) is 11.7. The Morgan fingerprint density at radius 2 is 1.78 bits per heavy atom. The summed E-state index contributed by atoms with van der Waals surface area (Å²) in [6.07, 6.45) is 0.149. The van der Waals surface area contributed by atoms with E-state index in [0.29, 0.717) is 0 Å². The van der Waals surface area contributed by atoms with E-state index < -0.39 is 5.41 Å². The van der Waals surface area contributed by atoms with Crippen LogP contribution in [0.25, 0.3) is 0 Å². The molecule has 0 spiro atoms. The first kappa shape index (κ1) is 14.5. The highest BCUT2D eigenvalue weighted by molar-refractivity contribution is 5.86. The molecule has 2 N–H and O–H groups in total. The molecule has 0 saturated heterocycles. The molecule has 0 aliphatic carbocycles. The summed E-state index contributed by atoms with van der Waals surface area (Å²) in [6, 6.07) is 7.63. The summed E-state index contributed by atoms with van der Waals surface area (Å²) in [5.41, 5.74) is 5.63. The summed E-state index contributed by atoms with van der Waals surface area (Å²) in [6.45, 7) is 7.74. The lowest BCUT2D eigenvalue weighted by atomic mass is 9.84. The van der Waals surface area contributed by atoms with Gasteiger partial charge in [-0.3, -0.25) is 10.2 Å². The van der Waals surface area contributed by atoms with Gasteiger partial charge < -0.3 is 4.74 Å². The number of carbonyl (C=O) groups excluding carboxylic acids is 1. The molecule has 1 amide bonds. The summed E-state index contributed by atoms with van der Waals surface area (Å²) >= 11 is 0. The minimum absolute atomic E-state index is 0.0671. The van der Waals surface area contributed by atoms with E-state index in [1.807, 2.05) is 52.0 Å². The minimum Gasteiger partial charge on any atom is -0.491 e. The van der Waals surface area contributed by atoms with Gasteiger partial charge in [-0.05, 0) is 45.4 Å². The average Bonchev–Trinajstić information content (AvgIpc) is 2.29. The van der Waals surface area contributed by atoms with Crippen molar-refractivity contribution in [3.63, 3.8) is 0 Å². The van der Waals surface area contributed by atoms with Gasteiger partial charge in [0.25, 0.3) is 0 Å². The fourth-order valence-corrected chi connectivity index (χ4v) is 1.62. The average molecular weight is 250 g/mol. The molecule has 0 aliphatic rings. The van der Waals surface area contributed by atoms with Gasteiger partial charge in [0.05, 0.1) is 11.5 Å². The van der Waals surface area contributed by atoms with Crippen molar-refractivity contribution in [1.82, 2.24) is 10.9 Å². The maximum absolute atomic E-state index is 11.9. The Balaban J connectivity index is 2.86. The zero-order chi connectivity index (χ0) is 13.8. The van der Waals surface area contributed by atoms with Gasteiger partial charge in [0, 0.05) is 7.05 Å². The molecule has 0 bridgehead atoms.